The lowest BCUT2D eigenvalue weighted by molar-refractivity contribution is 0.112. The van der Waals surface area contributed by atoms with Crippen LogP contribution >= 0.6 is 0 Å². The SMILES string of the molecule is O=Cc1ccc(-c2cc3cccc(F)c3o2)cc1. The van der Waals surface area contributed by atoms with Gasteiger partial charge < -0.3 is 4.42 Å². The van der Waals surface area contributed by atoms with Crippen LogP contribution < -0.4 is 0 Å². The molecule has 0 radical (unpaired) electrons. The minimum Gasteiger partial charge on any atom is -0.453 e. The number of para-hydroxylation sites is 1. The van der Waals surface area contributed by atoms with Gasteiger partial charge in [0.15, 0.2) is 11.4 Å². The zero-order valence-corrected chi connectivity index (χ0v) is 9.39. The predicted molar refractivity (Wildman–Crippen MR) is 67.0 cm³/mol. The van der Waals surface area contributed by atoms with Crippen molar-refractivity contribution in [2.45, 2.75) is 0 Å². The Kier molecular flexibility index (Phi) is 2.45. The fourth-order valence-electron chi connectivity index (χ4n) is 1.90. The van der Waals surface area contributed by atoms with Gasteiger partial charge >= 0.3 is 0 Å². The zero-order valence-electron chi connectivity index (χ0n) is 9.39. The summed E-state index contributed by atoms with van der Waals surface area (Å²) >= 11 is 0. The average Bonchev–Trinajstić information content (AvgIpc) is 2.84. The van der Waals surface area contributed by atoms with Crippen LogP contribution in [-0.2, 0) is 0 Å². The van der Waals surface area contributed by atoms with E-state index in [1.807, 2.05) is 0 Å². The van der Waals surface area contributed by atoms with E-state index in [0.717, 1.165) is 17.2 Å². The van der Waals surface area contributed by atoms with Crippen molar-refractivity contribution in [2.75, 3.05) is 0 Å². The number of benzene rings is 2. The van der Waals surface area contributed by atoms with Gasteiger partial charge in [0.05, 0.1) is 0 Å². The Morgan fingerprint density at radius 3 is 2.50 bits per heavy atom. The summed E-state index contributed by atoms with van der Waals surface area (Å²) in [5.74, 6) is 0.218. The minimum atomic E-state index is -0.372. The van der Waals surface area contributed by atoms with Crippen LogP contribution in [-0.4, -0.2) is 6.29 Å². The van der Waals surface area contributed by atoms with E-state index in [1.54, 1.807) is 42.5 Å². The van der Waals surface area contributed by atoms with Gasteiger partial charge in [-0.1, -0.05) is 36.4 Å². The summed E-state index contributed by atoms with van der Waals surface area (Å²) in [7, 11) is 0. The molecular formula is C15H9FO2. The molecule has 0 aliphatic heterocycles. The molecule has 0 aliphatic carbocycles. The zero-order chi connectivity index (χ0) is 12.5. The van der Waals surface area contributed by atoms with Crippen LogP contribution in [0.3, 0.4) is 0 Å². The van der Waals surface area contributed by atoms with E-state index < -0.39 is 0 Å². The molecule has 2 aromatic carbocycles. The molecule has 0 unspecified atom stereocenters. The third-order valence-electron chi connectivity index (χ3n) is 2.83. The number of furan rings is 1. The molecule has 1 aromatic heterocycles. The Morgan fingerprint density at radius 2 is 1.83 bits per heavy atom. The summed E-state index contributed by atoms with van der Waals surface area (Å²) in [6.45, 7) is 0. The Hall–Kier alpha value is -2.42. The fraction of sp³-hybridized carbons (Fsp3) is 0. The van der Waals surface area contributed by atoms with Crippen molar-refractivity contribution >= 4 is 17.3 Å². The summed E-state index contributed by atoms with van der Waals surface area (Å²) in [6.07, 6.45) is 0.780. The molecule has 18 heavy (non-hydrogen) atoms. The number of carbonyl (C=O) groups excluding carboxylic acids is 1. The highest BCUT2D eigenvalue weighted by Gasteiger charge is 2.09. The van der Waals surface area contributed by atoms with E-state index in [-0.39, 0.29) is 11.4 Å². The Labute approximate surface area is 103 Å². The van der Waals surface area contributed by atoms with Crippen molar-refractivity contribution in [1.82, 2.24) is 0 Å². The molecule has 0 fully saturated rings. The van der Waals surface area contributed by atoms with Gasteiger partial charge in [0.25, 0.3) is 0 Å². The van der Waals surface area contributed by atoms with Gasteiger partial charge in [-0.2, -0.15) is 0 Å². The van der Waals surface area contributed by atoms with Crippen molar-refractivity contribution in [3.05, 3.63) is 59.9 Å². The van der Waals surface area contributed by atoms with Crippen LogP contribution in [0.25, 0.3) is 22.3 Å². The number of fused-ring (bicyclic) bond motifs is 1. The summed E-state index contributed by atoms with van der Waals surface area (Å²) in [6, 6.07) is 13.5. The van der Waals surface area contributed by atoms with Crippen molar-refractivity contribution < 1.29 is 13.6 Å². The van der Waals surface area contributed by atoms with E-state index >= 15 is 0 Å². The normalized spacial score (nSPS) is 10.7. The molecule has 3 rings (SSSR count). The van der Waals surface area contributed by atoms with Crippen LogP contribution in [0.2, 0.25) is 0 Å². The van der Waals surface area contributed by atoms with Crippen molar-refractivity contribution in [1.29, 1.82) is 0 Å². The number of halogens is 1. The quantitative estimate of drug-likeness (QED) is 0.632. The van der Waals surface area contributed by atoms with Gasteiger partial charge in [-0.05, 0) is 12.1 Å². The molecule has 0 N–H and O–H groups in total. The van der Waals surface area contributed by atoms with Crippen molar-refractivity contribution in [2.24, 2.45) is 0 Å². The number of hydrogen-bond acceptors (Lipinski definition) is 2. The molecule has 0 amide bonds. The second kappa shape index (κ2) is 4.11. The highest BCUT2D eigenvalue weighted by Crippen LogP contribution is 2.29. The van der Waals surface area contributed by atoms with Gasteiger partial charge in [0.1, 0.15) is 12.0 Å². The average molecular weight is 240 g/mol. The van der Waals surface area contributed by atoms with E-state index in [4.69, 9.17) is 4.42 Å². The Balaban J connectivity index is 2.13. The summed E-state index contributed by atoms with van der Waals surface area (Å²) in [5.41, 5.74) is 1.67. The van der Waals surface area contributed by atoms with Crippen LogP contribution in [0.4, 0.5) is 4.39 Å². The molecule has 2 nitrogen and oxygen atoms in total. The topological polar surface area (TPSA) is 30.2 Å². The third-order valence-corrected chi connectivity index (χ3v) is 2.83. The molecule has 3 aromatic rings. The second-order valence-electron chi connectivity index (χ2n) is 4.01. The number of rotatable bonds is 2. The molecule has 0 saturated carbocycles. The molecule has 1 heterocycles. The standard InChI is InChI=1S/C15H9FO2/c16-13-3-1-2-12-8-14(18-15(12)13)11-6-4-10(9-17)5-7-11/h1-9H. The molecule has 0 bridgehead atoms. The first kappa shape index (κ1) is 10.7. The van der Waals surface area contributed by atoms with Gasteiger partial charge in [-0.15, -0.1) is 0 Å². The molecule has 88 valence electrons. The summed E-state index contributed by atoms with van der Waals surface area (Å²) in [5, 5.41) is 0.726. The lowest BCUT2D eigenvalue weighted by atomic mass is 10.1. The van der Waals surface area contributed by atoms with E-state index in [9.17, 15) is 9.18 Å². The fourth-order valence-corrected chi connectivity index (χ4v) is 1.90. The Bertz CT molecular complexity index is 711. The monoisotopic (exact) mass is 240 g/mol. The molecule has 0 aliphatic rings. The van der Waals surface area contributed by atoms with E-state index in [1.165, 1.54) is 6.07 Å². The van der Waals surface area contributed by atoms with Gasteiger partial charge in [0, 0.05) is 16.5 Å². The number of carbonyl (C=O) groups is 1. The minimum absolute atomic E-state index is 0.256. The summed E-state index contributed by atoms with van der Waals surface area (Å²) < 4.78 is 19.0. The van der Waals surface area contributed by atoms with E-state index in [0.29, 0.717) is 11.3 Å². The van der Waals surface area contributed by atoms with Crippen molar-refractivity contribution in [3.8, 4) is 11.3 Å². The smallest absolute Gasteiger partial charge is 0.170 e. The van der Waals surface area contributed by atoms with Gasteiger partial charge in [-0.25, -0.2) is 4.39 Å². The van der Waals surface area contributed by atoms with E-state index in [2.05, 4.69) is 0 Å². The largest absolute Gasteiger partial charge is 0.453 e. The molecule has 3 heteroatoms. The molecular weight excluding hydrogens is 231 g/mol. The van der Waals surface area contributed by atoms with Crippen LogP contribution in [0.5, 0.6) is 0 Å². The predicted octanol–water partition coefficient (Wildman–Crippen LogP) is 4.05. The van der Waals surface area contributed by atoms with Crippen LogP contribution in [0, 0.1) is 5.82 Å². The van der Waals surface area contributed by atoms with Crippen LogP contribution in [0.1, 0.15) is 10.4 Å². The maximum Gasteiger partial charge on any atom is 0.170 e. The number of aldehydes is 1. The lowest BCUT2D eigenvalue weighted by Crippen LogP contribution is -1.79. The number of hydrogen-bond donors (Lipinski definition) is 0. The van der Waals surface area contributed by atoms with Gasteiger partial charge in [0.2, 0.25) is 0 Å². The molecule has 0 atom stereocenters. The first-order valence-electron chi connectivity index (χ1n) is 5.51. The van der Waals surface area contributed by atoms with Gasteiger partial charge in [-0.3, -0.25) is 4.79 Å². The molecule has 0 spiro atoms. The maximum absolute atomic E-state index is 13.5. The highest BCUT2D eigenvalue weighted by molar-refractivity contribution is 5.84. The summed E-state index contributed by atoms with van der Waals surface area (Å²) in [4.78, 5) is 10.6. The maximum atomic E-state index is 13.5. The lowest BCUT2D eigenvalue weighted by Gasteiger charge is -1.96. The second-order valence-corrected chi connectivity index (χ2v) is 4.01. The third kappa shape index (κ3) is 1.70. The van der Waals surface area contributed by atoms with Crippen molar-refractivity contribution in [3.63, 3.8) is 0 Å². The first-order valence-corrected chi connectivity index (χ1v) is 5.51. The van der Waals surface area contributed by atoms with Crippen LogP contribution in [0.15, 0.2) is 52.9 Å². The highest BCUT2D eigenvalue weighted by atomic mass is 19.1. The Morgan fingerprint density at radius 1 is 1.06 bits per heavy atom. The molecule has 0 saturated heterocycles. The first-order chi connectivity index (χ1) is 8.78.